The highest BCUT2D eigenvalue weighted by atomic mass is 16.5. The van der Waals surface area contributed by atoms with Gasteiger partial charge >= 0.3 is 0 Å². The third kappa shape index (κ3) is 4.09. The van der Waals surface area contributed by atoms with Gasteiger partial charge in [-0.15, -0.1) is 0 Å². The quantitative estimate of drug-likeness (QED) is 0.729. The Kier molecular flexibility index (Phi) is 5.58. The van der Waals surface area contributed by atoms with Crippen LogP contribution < -0.4 is 0 Å². The molecular weight excluding hydrogens is 190 g/mol. The first-order valence-electron chi connectivity index (χ1n) is 6.06. The monoisotopic (exact) mass is 215 g/mol. The van der Waals surface area contributed by atoms with Crippen LogP contribution in [0.3, 0.4) is 0 Å². The third-order valence-corrected chi connectivity index (χ3v) is 3.10. The van der Waals surface area contributed by atoms with Crippen molar-refractivity contribution in [3.05, 3.63) is 0 Å². The summed E-state index contributed by atoms with van der Waals surface area (Å²) in [5.41, 5.74) is 0. The molecule has 0 radical (unpaired) electrons. The molecule has 1 saturated carbocycles. The molecule has 3 nitrogen and oxygen atoms in total. The molecular formula is C12H25NO2. The van der Waals surface area contributed by atoms with Crippen LogP contribution in [0.15, 0.2) is 0 Å². The summed E-state index contributed by atoms with van der Waals surface area (Å²) in [7, 11) is 1.73. The molecule has 2 atom stereocenters. The van der Waals surface area contributed by atoms with Gasteiger partial charge in [-0.05, 0) is 25.2 Å². The van der Waals surface area contributed by atoms with Crippen LogP contribution in [0.5, 0.6) is 0 Å². The third-order valence-electron chi connectivity index (χ3n) is 3.10. The Morgan fingerprint density at radius 2 is 2.13 bits per heavy atom. The van der Waals surface area contributed by atoms with Crippen LogP contribution in [0.1, 0.15) is 33.1 Å². The van der Waals surface area contributed by atoms with Crippen LogP contribution in [-0.2, 0) is 4.74 Å². The van der Waals surface area contributed by atoms with Crippen LogP contribution in [0.4, 0.5) is 0 Å². The molecule has 1 fully saturated rings. The maximum atomic E-state index is 9.89. The Morgan fingerprint density at radius 3 is 2.60 bits per heavy atom. The lowest BCUT2D eigenvalue weighted by molar-refractivity contribution is 0.0454. The SMILES string of the molecule is COCCN(CC(C)C)[C@@H]1CCC[C@H]1O. The van der Waals surface area contributed by atoms with Gasteiger partial charge in [0.1, 0.15) is 0 Å². The smallest absolute Gasteiger partial charge is 0.0695 e. The standard InChI is InChI=1S/C12H25NO2/c1-10(2)9-13(7-8-15-3)11-5-4-6-12(11)14/h10-12,14H,4-9H2,1-3H3/t11-,12-/m1/s1. The van der Waals surface area contributed by atoms with Gasteiger partial charge in [-0.2, -0.15) is 0 Å². The minimum absolute atomic E-state index is 0.124. The summed E-state index contributed by atoms with van der Waals surface area (Å²) in [6.07, 6.45) is 3.14. The average Bonchev–Trinajstić information content (AvgIpc) is 2.58. The Balaban J connectivity index is 2.46. The number of rotatable bonds is 6. The second kappa shape index (κ2) is 6.46. The highest BCUT2D eigenvalue weighted by molar-refractivity contribution is 4.85. The van der Waals surface area contributed by atoms with Gasteiger partial charge in [0.05, 0.1) is 12.7 Å². The van der Waals surface area contributed by atoms with E-state index in [9.17, 15) is 5.11 Å². The van der Waals surface area contributed by atoms with Gasteiger partial charge in [-0.3, -0.25) is 4.90 Å². The lowest BCUT2D eigenvalue weighted by atomic mass is 10.1. The second-order valence-corrected chi connectivity index (χ2v) is 4.95. The van der Waals surface area contributed by atoms with Crippen molar-refractivity contribution in [3.8, 4) is 0 Å². The number of methoxy groups -OCH3 is 1. The normalized spacial score (nSPS) is 26.8. The van der Waals surface area contributed by atoms with Crippen LogP contribution in [-0.4, -0.2) is 49.0 Å². The Bertz CT molecular complexity index is 173. The number of aliphatic hydroxyl groups is 1. The number of aliphatic hydroxyl groups excluding tert-OH is 1. The van der Waals surface area contributed by atoms with Crippen molar-refractivity contribution in [3.63, 3.8) is 0 Å². The van der Waals surface area contributed by atoms with E-state index in [0.717, 1.165) is 39.0 Å². The molecule has 0 bridgehead atoms. The summed E-state index contributed by atoms with van der Waals surface area (Å²) in [6, 6.07) is 0.363. The summed E-state index contributed by atoms with van der Waals surface area (Å²) in [5.74, 6) is 0.648. The second-order valence-electron chi connectivity index (χ2n) is 4.95. The number of nitrogens with zero attached hydrogens (tertiary/aromatic N) is 1. The molecule has 1 rings (SSSR count). The first-order chi connectivity index (χ1) is 7.15. The molecule has 1 aliphatic carbocycles. The van der Waals surface area contributed by atoms with Crippen molar-refractivity contribution >= 4 is 0 Å². The molecule has 0 aromatic carbocycles. The maximum absolute atomic E-state index is 9.89. The predicted octanol–water partition coefficient (Wildman–Crippen LogP) is 1.50. The molecule has 3 heteroatoms. The van der Waals surface area contributed by atoms with Gasteiger partial charge in [0.15, 0.2) is 0 Å². The molecule has 0 unspecified atom stereocenters. The van der Waals surface area contributed by atoms with E-state index < -0.39 is 0 Å². The van der Waals surface area contributed by atoms with Gasteiger partial charge in [0, 0.05) is 26.2 Å². The fourth-order valence-electron chi connectivity index (χ4n) is 2.42. The minimum Gasteiger partial charge on any atom is -0.391 e. The van der Waals surface area contributed by atoms with Gasteiger partial charge < -0.3 is 9.84 Å². The van der Waals surface area contributed by atoms with Gasteiger partial charge in [0.25, 0.3) is 0 Å². The molecule has 1 N–H and O–H groups in total. The van der Waals surface area contributed by atoms with Crippen LogP contribution in [0, 0.1) is 5.92 Å². The van der Waals surface area contributed by atoms with Crippen molar-refractivity contribution < 1.29 is 9.84 Å². The summed E-state index contributed by atoms with van der Waals surface area (Å²) < 4.78 is 5.13. The number of hydrogen-bond donors (Lipinski definition) is 1. The molecule has 1 aliphatic rings. The van der Waals surface area contributed by atoms with Crippen molar-refractivity contribution in [2.45, 2.75) is 45.3 Å². The van der Waals surface area contributed by atoms with Crippen molar-refractivity contribution in [2.75, 3.05) is 26.8 Å². The largest absolute Gasteiger partial charge is 0.391 e. The summed E-state index contributed by atoms with van der Waals surface area (Å²) >= 11 is 0. The van der Waals surface area contributed by atoms with E-state index in [-0.39, 0.29) is 6.10 Å². The highest BCUT2D eigenvalue weighted by Gasteiger charge is 2.30. The Hall–Kier alpha value is -0.120. The number of hydrogen-bond acceptors (Lipinski definition) is 3. The van der Waals surface area contributed by atoms with Gasteiger partial charge in [0.2, 0.25) is 0 Å². The molecule has 15 heavy (non-hydrogen) atoms. The minimum atomic E-state index is -0.124. The lowest BCUT2D eigenvalue weighted by Gasteiger charge is -2.32. The van der Waals surface area contributed by atoms with Crippen molar-refractivity contribution in [1.82, 2.24) is 4.90 Å². The average molecular weight is 215 g/mol. The zero-order chi connectivity index (χ0) is 11.3. The molecule has 90 valence electrons. The van der Waals surface area contributed by atoms with Crippen LogP contribution >= 0.6 is 0 Å². The van der Waals surface area contributed by atoms with E-state index in [1.807, 2.05) is 0 Å². The predicted molar refractivity (Wildman–Crippen MR) is 61.9 cm³/mol. The van der Waals surface area contributed by atoms with E-state index in [0.29, 0.717) is 12.0 Å². The van der Waals surface area contributed by atoms with Crippen molar-refractivity contribution in [1.29, 1.82) is 0 Å². The highest BCUT2D eigenvalue weighted by Crippen LogP contribution is 2.24. The summed E-state index contributed by atoms with van der Waals surface area (Å²) in [6.45, 7) is 7.21. The molecule has 0 aromatic rings. The summed E-state index contributed by atoms with van der Waals surface area (Å²) in [4.78, 5) is 2.39. The van der Waals surface area contributed by atoms with E-state index in [4.69, 9.17) is 4.74 Å². The van der Waals surface area contributed by atoms with Gasteiger partial charge in [-0.1, -0.05) is 13.8 Å². The molecule has 0 amide bonds. The zero-order valence-corrected chi connectivity index (χ0v) is 10.3. The molecule has 0 spiro atoms. The van der Waals surface area contributed by atoms with Gasteiger partial charge in [-0.25, -0.2) is 0 Å². The van der Waals surface area contributed by atoms with Crippen molar-refractivity contribution in [2.24, 2.45) is 5.92 Å². The summed E-state index contributed by atoms with van der Waals surface area (Å²) in [5, 5.41) is 9.89. The zero-order valence-electron chi connectivity index (χ0n) is 10.3. The van der Waals surface area contributed by atoms with E-state index in [1.165, 1.54) is 0 Å². The fourth-order valence-corrected chi connectivity index (χ4v) is 2.42. The fraction of sp³-hybridized carbons (Fsp3) is 1.00. The molecule has 0 saturated heterocycles. The number of ether oxygens (including phenoxy) is 1. The molecule has 0 aliphatic heterocycles. The Morgan fingerprint density at radius 1 is 1.40 bits per heavy atom. The molecule has 0 heterocycles. The van der Waals surface area contributed by atoms with E-state index >= 15 is 0 Å². The van der Waals surface area contributed by atoms with E-state index in [1.54, 1.807) is 7.11 Å². The first-order valence-corrected chi connectivity index (χ1v) is 6.06. The lowest BCUT2D eigenvalue weighted by Crippen LogP contribution is -2.44. The van der Waals surface area contributed by atoms with Crippen LogP contribution in [0.2, 0.25) is 0 Å². The van der Waals surface area contributed by atoms with Crippen LogP contribution in [0.25, 0.3) is 0 Å². The molecule has 0 aromatic heterocycles. The van der Waals surface area contributed by atoms with E-state index in [2.05, 4.69) is 18.7 Å². The topological polar surface area (TPSA) is 32.7 Å². The first kappa shape index (κ1) is 12.9. The Labute approximate surface area is 93.4 Å². The maximum Gasteiger partial charge on any atom is 0.0695 e.